The quantitative estimate of drug-likeness (QED) is 0.826. The predicted molar refractivity (Wildman–Crippen MR) is 69.9 cm³/mol. The molecule has 1 unspecified atom stereocenters. The van der Waals surface area contributed by atoms with Crippen molar-refractivity contribution in [1.29, 1.82) is 0 Å². The van der Waals surface area contributed by atoms with Gasteiger partial charge in [0.1, 0.15) is 0 Å². The van der Waals surface area contributed by atoms with Gasteiger partial charge in [-0.25, -0.2) is 0 Å². The van der Waals surface area contributed by atoms with E-state index in [0.29, 0.717) is 6.54 Å². The molecule has 0 saturated heterocycles. The summed E-state index contributed by atoms with van der Waals surface area (Å²) in [6.45, 7) is 2.85. The Balaban J connectivity index is 2.01. The molecule has 1 aliphatic carbocycles. The second-order valence-electron chi connectivity index (χ2n) is 5.04. The Morgan fingerprint density at radius 1 is 1.38 bits per heavy atom. The Bertz CT molecular complexity index is 345. The van der Waals surface area contributed by atoms with Gasteiger partial charge in [-0.15, -0.1) is 0 Å². The van der Waals surface area contributed by atoms with Crippen molar-refractivity contribution in [2.24, 2.45) is 11.7 Å². The van der Waals surface area contributed by atoms with E-state index in [0.717, 1.165) is 23.0 Å². The van der Waals surface area contributed by atoms with E-state index >= 15 is 0 Å². The maximum atomic E-state index is 5.87. The van der Waals surface area contributed by atoms with E-state index < -0.39 is 0 Å². The third-order valence-electron chi connectivity index (χ3n) is 3.18. The molecule has 2 rings (SSSR count). The third kappa shape index (κ3) is 3.13. The Labute approximate surface area is 102 Å². The van der Waals surface area contributed by atoms with Gasteiger partial charge in [-0.1, -0.05) is 24.4 Å². The van der Waals surface area contributed by atoms with Crippen LogP contribution in [0.4, 0.5) is 5.69 Å². The lowest BCUT2D eigenvalue weighted by atomic mass is 9.94. The second-order valence-corrected chi connectivity index (χ2v) is 5.48. The maximum absolute atomic E-state index is 5.87. The van der Waals surface area contributed by atoms with Gasteiger partial charge >= 0.3 is 0 Å². The lowest BCUT2D eigenvalue weighted by molar-refractivity contribution is 0.453. The van der Waals surface area contributed by atoms with E-state index in [4.69, 9.17) is 17.3 Å². The molecule has 1 aliphatic rings. The molecule has 16 heavy (non-hydrogen) atoms. The van der Waals surface area contributed by atoms with Crippen molar-refractivity contribution in [1.82, 2.24) is 0 Å². The van der Waals surface area contributed by atoms with Crippen LogP contribution in [0.3, 0.4) is 0 Å². The number of halogens is 1. The SMILES string of the molecule is CC(CN)(CC1CC1)Nc1ccc(Cl)cc1. The lowest BCUT2D eigenvalue weighted by Crippen LogP contribution is -2.42. The fourth-order valence-corrected chi connectivity index (χ4v) is 2.15. The molecular weight excluding hydrogens is 220 g/mol. The van der Waals surface area contributed by atoms with Crippen LogP contribution in [-0.2, 0) is 0 Å². The molecule has 88 valence electrons. The Hall–Kier alpha value is -0.730. The van der Waals surface area contributed by atoms with Crippen molar-refractivity contribution < 1.29 is 0 Å². The molecule has 0 heterocycles. The largest absolute Gasteiger partial charge is 0.379 e. The zero-order valence-corrected chi connectivity index (χ0v) is 10.4. The van der Waals surface area contributed by atoms with Gasteiger partial charge < -0.3 is 11.1 Å². The summed E-state index contributed by atoms with van der Waals surface area (Å²) >= 11 is 5.86. The smallest absolute Gasteiger partial charge is 0.0470 e. The van der Waals surface area contributed by atoms with E-state index in [1.807, 2.05) is 24.3 Å². The summed E-state index contributed by atoms with van der Waals surface area (Å²) in [6.07, 6.45) is 3.88. The van der Waals surface area contributed by atoms with Crippen LogP contribution < -0.4 is 11.1 Å². The summed E-state index contributed by atoms with van der Waals surface area (Å²) < 4.78 is 0. The summed E-state index contributed by atoms with van der Waals surface area (Å²) in [5, 5.41) is 4.29. The van der Waals surface area contributed by atoms with Gasteiger partial charge in [0.05, 0.1) is 0 Å². The van der Waals surface area contributed by atoms with Gasteiger partial charge in [-0.05, 0) is 43.5 Å². The van der Waals surface area contributed by atoms with Crippen LogP contribution in [0.1, 0.15) is 26.2 Å². The molecule has 1 aromatic carbocycles. The molecule has 2 nitrogen and oxygen atoms in total. The summed E-state index contributed by atoms with van der Waals surface area (Å²) in [7, 11) is 0. The summed E-state index contributed by atoms with van der Waals surface area (Å²) in [5.41, 5.74) is 6.98. The first-order valence-electron chi connectivity index (χ1n) is 5.85. The Morgan fingerprint density at radius 2 is 2.00 bits per heavy atom. The van der Waals surface area contributed by atoms with Crippen molar-refractivity contribution in [2.75, 3.05) is 11.9 Å². The van der Waals surface area contributed by atoms with Gasteiger partial charge in [0.2, 0.25) is 0 Å². The van der Waals surface area contributed by atoms with Gasteiger partial charge in [0.25, 0.3) is 0 Å². The Kier molecular flexibility index (Phi) is 3.41. The first kappa shape index (κ1) is 11.7. The van der Waals surface area contributed by atoms with Crippen molar-refractivity contribution in [3.8, 4) is 0 Å². The lowest BCUT2D eigenvalue weighted by Gasteiger charge is -2.30. The first-order valence-corrected chi connectivity index (χ1v) is 6.23. The molecule has 1 aromatic rings. The van der Waals surface area contributed by atoms with Crippen molar-refractivity contribution in [3.63, 3.8) is 0 Å². The average molecular weight is 239 g/mol. The molecule has 1 atom stereocenters. The minimum atomic E-state index is 0.00892. The van der Waals surface area contributed by atoms with Crippen molar-refractivity contribution >= 4 is 17.3 Å². The van der Waals surface area contributed by atoms with E-state index in [-0.39, 0.29) is 5.54 Å². The molecule has 0 aliphatic heterocycles. The molecule has 1 saturated carbocycles. The number of benzene rings is 1. The van der Waals surface area contributed by atoms with Gasteiger partial charge in [0.15, 0.2) is 0 Å². The number of hydrogen-bond donors (Lipinski definition) is 2. The molecule has 0 bridgehead atoms. The van der Waals surface area contributed by atoms with Crippen LogP contribution in [0, 0.1) is 5.92 Å². The highest BCUT2D eigenvalue weighted by Gasteiger charge is 2.32. The second kappa shape index (κ2) is 4.64. The molecular formula is C13H19ClN2. The zero-order chi connectivity index (χ0) is 11.6. The number of nitrogens with two attached hydrogens (primary N) is 1. The standard InChI is InChI=1S/C13H19ClN2/c1-13(9-15,8-10-2-3-10)16-12-6-4-11(14)5-7-12/h4-7,10,16H,2-3,8-9,15H2,1H3. The fraction of sp³-hybridized carbons (Fsp3) is 0.538. The third-order valence-corrected chi connectivity index (χ3v) is 3.43. The molecule has 3 N–H and O–H groups in total. The molecule has 0 aromatic heterocycles. The molecule has 0 amide bonds. The Morgan fingerprint density at radius 3 is 2.50 bits per heavy atom. The highest BCUT2D eigenvalue weighted by atomic mass is 35.5. The van der Waals surface area contributed by atoms with Crippen LogP contribution in [0.15, 0.2) is 24.3 Å². The summed E-state index contributed by atoms with van der Waals surface area (Å²) in [6, 6.07) is 7.81. The molecule has 0 spiro atoms. The number of rotatable bonds is 5. The molecule has 0 radical (unpaired) electrons. The molecule has 3 heteroatoms. The summed E-state index contributed by atoms with van der Waals surface area (Å²) in [4.78, 5) is 0. The summed E-state index contributed by atoms with van der Waals surface area (Å²) in [5.74, 6) is 0.869. The van der Waals surface area contributed by atoms with Crippen LogP contribution in [0.2, 0.25) is 5.02 Å². The minimum Gasteiger partial charge on any atom is -0.379 e. The highest BCUT2D eigenvalue weighted by molar-refractivity contribution is 6.30. The zero-order valence-electron chi connectivity index (χ0n) is 9.67. The predicted octanol–water partition coefficient (Wildman–Crippen LogP) is 3.27. The molecule has 1 fully saturated rings. The van der Waals surface area contributed by atoms with Gasteiger partial charge in [-0.3, -0.25) is 0 Å². The van der Waals surface area contributed by atoms with E-state index in [2.05, 4.69) is 12.2 Å². The van der Waals surface area contributed by atoms with E-state index in [1.165, 1.54) is 12.8 Å². The highest BCUT2D eigenvalue weighted by Crippen LogP contribution is 2.37. The first-order chi connectivity index (χ1) is 7.61. The van der Waals surface area contributed by atoms with Gasteiger partial charge in [0, 0.05) is 22.8 Å². The minimum absolute atomic E-state index is 0.00892. The number of anilines is 1. The number of hydrogen-bond acceptors (Lipinski definition) is 2. The monoisotopic (exact) mass is 238 g/mol. The van der Waals surface area contributed by atoms with E-state index in [9.17, 15) is 0 Å². The fourth-order valence-electron chi connectivity index (χ4n) is 2.03. The topological polar surface area (TPSA) is 38.0 Å². The van der Waals surface area contributed by atoms with Crippen LogP contribution in [0.5, 0.6) is 0 Å². The van der Waals surface area contributed by atoms with E-state index in [1.54, 1.807) is 0 Å². The number of nitrogens with one attached hydrogen (secondary N) is 1. The van der Waals surface area contributed by atoms with Gasteiger partial charge in [-0.2, -0.15) is 0 Å². The van der Waals surface area contributed by atoms with Crippen molar-refractivity contribution in [3.05, 3.63) is 29.3 Å². The van der Waals surface area contributed by atoms with Crippen LogP contribution >= 0.6 is 11.6 Å². The van der Waals surface area contributed by atoms with Crippen LogP contribution in [-0.4, -0.2) is 12.1 Å². The van der Waals surface area contributed by atoms with Crippen molar-refractivity contribution in [2.45, 2.75) is 31.7 Å². The maximum Gasteiger partial charge on any atom is 0.0470 e. The average Bonchev–Trinajstić information content (AvgIpc) is 3.05. The normalized spacial score (nSPS) is 19.2. The van der Waals surface area contributed by atoms with Crippen LogP contribution in [0.25, 0.3) is 0 Å².